The Balaban J connectivity index is 1.67. The lowest BCUT2D eigenvalue weighted by molar-refractivity contribution is -0.120. The second kappa shape index (κ2) is 8.23. The number of carbonyl (C=O) groups excluding carboxylic acids is 1. The Morgan fingerprint density at radius 2 is 1.89 bits per heavy atom. The van der Waals surface area contributed by atoms with Crippen LogP contribution in [0, 0.1) is 19.8 Å². The van der Waals surface area contributed by atoms with E-state index in [2.05, 4.69) is 5.32 Å². The lowest BCUT2D eigenvalue weighted by Crippen LogP contribution is -2.44. The van der Waals surface area contributed by atoms with Crippen LogP contribution in [0.25, 0.3) is 0 Å². The van der Waals surface area contributed by atoms with Crippen LogP contribution in [-0.4, -0.2) is 31.7 Å². The molecule has 0 aromatic heterocycles. The number of benzene rings is 2. The van der Waals surface area contributed by atoms with Gasteiger partial charge in [0.15, 0.2) is 0 Å². The first-order valence-corrected chi connectivity index (χ1v) is 10.9. The number of aryl methyl sites for hydroxylation is 2. The highest BCUT2D eigenvalue weighted by Gasteiger charge is 2.32. The van der Waals surface area contributed by atoms with Gasteiger partial charge in [-0.05, 0) is 43.9 Å². The van der Waals surface area contributed by atoms with Gasteiger partial charge in [0.25, 0.3) is 0 Å². The summed E-state index contributed by atoms with van der Waals surface area (Å²) in [5.74, 6) is -0.467. The second-order valence-electron chi connectivity index (χ2n) is 7.25. The third-order valence-electron chi connectivity index (χ3n) is 4.98. The zero-order valence-corrected chi connectivity index (χ0v) is 16.6. The van der Waals surface area contributed by atoms with Gasteiger partial charge in [0.2, 0.25) is 15.9 Å². The molecule has 0 saturated carbocycles. The van der Waals surface area contributed by atoms with Gasteiger partial charge in [-0.3, -0.25) is 4.79 Å². The van der Waals surface area contributed by atoms with Gasteiger partial charge in [-0.2, -0.15) is 0 Å². The highest BCUT2D eigenvalue weighted by molar-refractivity contribution is 7.88. The molecule has 1 saturated heterocycles. The molecule has 0 bridgehead atoms. The zero-order chi connectivity index (χ0) is 19.4. The van der Waals surface area contributed by atoms with E-state index in [0.717, 1.165) is 22.4 Å². The van der Waals surface area contributed by atoms with Crippen molar-refractivity contribution in [2.45, 2.75) is 32.4 Å². The van der Waals surface area contributed by atoms with Crippen LogP contribution in [0.2, 0.25) is 0 Å². The second-order valence-corrected chi connectivity index (χ2v) is 9.22. The predicted molar refractivity (Wildman–Crippen MR) is 108 cm³/mol. The van der Waals surface area contributed by atoms with Crippen molar-refractivity contribution in [3.63, 3.8) is 0 Å². The van der Waals surface area contributed by atoms with E-state index in [-0.39, 0.29) is 24.1 Å². The minimum Gasteiger partial charge on any atom is -0.326 e. The van der Waals surface area contributed by atoms with Crippen molar-refractivity contribution in [2.24, 2.45) is 5.92 Å². The number of piperidine rings is 1. The fourth-order valence-electron chi connectivity index (χ4n) is 3.47. The maximum atomic E-state index is 12.8. The summed E-state index contributed by atoms with van der Waals surface area (Å²) in [6.45, 7) is 4.68. The molecule has 1 heterocycles. The van der Waals surface area contributed by atoms with Crippen molar-refractivity contribution in [3.8, 4) is 0 Å². The SMILES string of the molecule is Cc1ccc(NC(=O)[C@H]2CCCN(S(=O)(=O)Cc3ccccc3)C2)c(C)c1. The lowest BCUT2D eigenvalue weighted by Gasteiger charge is -2.31. The summed E-state index contributed by atoms with van der Waals surface area (Å²) in [6, 6.07) is 15.0. The van der Waals surface area contributed by atoms with Gasteiger partial charge in [-0.1, -0.05) is 48.0 Å². The third kappa shape index (κ3) is 4.96. The van der Waals surface area contributed by atoms with Gasteiger partial charge >= 0.3 is 0 Å². The molecule has 144 valence electrons. The van der Waals surface area contributed by atoms with E-state index >= 15 is 0 Å². The monoisotopic (exact) mass is 386 g/mol. The Hall–Kier alpha value is -2.18. The molecule has 5 nitrogen and oxygen atoms in total. The lowest BCUT2D eigenvalue weighted by atomic mass is 9.98. The molecule has 1 fully saturated rings. The van der Waals surface area contributed by atoms with Gasteiger partial charge in [0.05, 0.1) is 11.7 Å². The van der Waals surface area contributed by atoms with Crippen LogP contribution in [-0.2, 0) is 20.6 Å². The zero-order valence-electron chi connectivity index (χ0n) is 15.8. The molecule has 2 aromatic rings. The van der Waals surface area contributed by atoms with E-state index in [4.69, 9.17) is 0 Å². The Morgan fingerprint density at radius 1 is 1.15 bits per heavy atom. The van der Waals surface area contributed by atoms with Gasteiger partial charge in [-0.25, -0.2) is 12.7 Å². The average Bonchev–Trinajstić information content (AvgIpc) is 2.64. The maximum Gasteiger partial charge on any atom is 0.228 e. The first-order chi connectivity index (χ1) is 12.8. The van der Waals surface area contributed by atoms with E-state index in [0.29, 0.717) is 19.4 Å². The fraction of sp³-hybridized carbons (Fsp3) is 0.381. The Kier molecular flexibility index (Phi) is 5.97. The number of sulfonamides is 1. The van der Waals surface area contributed by atoms with Crippen LogP contribution in [0.15, 0.2) is 48.5 Å². The van der Waals surface area contributed by atoms with Gasteiger partial charge < -0.3 is 5.32 Å². The molecule has 3 rings (SSSR count). The maximum absolute atomic E-state index is 12.8. The van der Waals surface area contributed by atoms with Crippen molar-refractivity contribution < 1.29 is 13.2 Å². The Morgan fingerprint density at radius 3 is 2.59 bits per heavy atom. The summed E-state index contributed by atoms with van der Waals surface area (Å²) in [5, 5.41) is 2.97. The number of nitrogens with zero attached hydrogens (tertiary/aromatic N) is 1. The quantitative estimate of drug-likeness (QED) is 0.855. The normalized spacial score (nSPS) is 18.2. The van der Waals surface area contributed by atoms with Crippen LogP contribution < -0.4 is 5.32 Å². The molecule has 1 N–H and O–H groups in total. The van der Waals surface area contributed by atoms with Gasteiger partial charge in [0, 0.05) is 18.8 Å². The Bertz CT molecular complexity index is 910. The summed E-state index contributed by atoms with van der Waals surface area (Å²) in [6.07, 6.45) is 1.40. The fourth-order valence-corrected chi connectivity index (χ4v) is 5.08. The number of hydrogen-bond donors (Lipinski definition) is 1. The highest BCUT2D eigenvalue weighted by Crippen LogP contribution is 2.24. The first kappa shape index (κ1) is 19.6. The highest BCUT2D eigenvalue weighted by atomic mass is 32.2. The van der Waals surface area contributed by atoms with Crippen molar-refractivity contribution in [3.05, 3.63) is 65.2 Å². The summed E-state index contributed by atoms with van der Waals surface area (Å²) in [7, 11) is -3.44. The van der Waals surface area contributed by atoms with Crippen LogP contribution in [0.5, 0.6) is 0 Å². The average molecular weight is 387 g/mol. The van der Waals surface area contributed by atoms with E-state index in [1.165, 1.54) is 4.31 Å². The summed E-state index contributed by atoms with van der Waals surface area (Å²) < 4.78 is 27.0. The summed E-state index contributed by atoms with van der Waals surface area (Å²) in [4.78, 5) is 12.7. The molecular formula is C21H26N2O3S. The molecule has 0 aliphatic carbocycles. The number of amides is 1. The van der Waals surface area contributed by atoms with E-state index in [9.17, 15) is 13.2 Å². The smallest absolute Gasteiger partial charge is 0.228 e. The molecule has 2 aromatic carbocycles. The van der Waals surface area contributed by atoms with E-state index in [1.807, 2.05) is 62.4 Å². The molecule has 0 unspecified atom stereocenters. The molecule has 27 heavy (non-hydrogen) atoms. The van der Waals surface area contributed by atoms with Crippen molar-refractivity contribution >= 4 is 21.6 Å². The summed E-state index contributed by atoms with van der Waals surface area (Å²) >= 11 is 0. The molecule has 1 amide bonds. The van der Waals surface area contributed by atoms with Gasteiger partial charge in [-0.15, -0.1) is 0 Å². The number of anilines is 1. The topological polar surface area (TPSA) is 66.5 Å². The van der Waals surface area contributed by atoms with Crippen LogP contribution in [0.4, 0.5) is 5.69 Å². The number of nitrogens with one attached hydrogen (secondary N) is 1. The predicted octanol–water partition coefficient (Wildman–Crippen LogP) is 3.48. The molecule has 0 spiro atoms. The molecule has 1 atom stereocenters. The number of hydrogen-bond acceptors (Lipinski definition) is 3. The summed E-state index contributed by atoms with van der Waals surface area (Å²) in [5.41, 5.74) is 3.70. The van der Waals surface area contributed by atoms with Crippen molar-refractivity contribution in [2.75, 3.05) is 18.4 Å². The minimum atomic E-state index is -3.44. The van der Waals surface area contributed by atoms with Crippen molar-refractivity contribution in [1.29, 1.82) is 0 Å². The Labute approximate surface area is 161 Å². The van der Waals surface area contributed by atoms with E-state index in [1.54, 1.807) is 0 Å². The largest absolute Gasteiger partial charge is 0.326 e. The third-order valence-corrected chi connectivity index (χ3v) is 6.80. The van der Waals surface area contributed by atoms with Crippen LogP contribution in [0.1, 0.15) is 29.5 Å². The van der Waals surface area contributed by atoms with Crippen LogP contribution in [0.3, 0.4) is 0 Å². The molecular weight excluding hydrogens is 360 g/mol. The molecule has 6 heteroatoms. The van der Waals surface area contributed by atoms with Crippen molar-refractivity contribution in [1.82, 2.24) is 4.31 Å². The molecule has 1 aliphatic rings. The first-order valence-electron chi connectivity index (χ1n) is 9.25. The van der Waals surface area contributed by atoms with Gasteiger partial charge in [0.1, 0.15) is 0 Å². The van der Waals surface area contributed by atoms with E-state index < -0.39 is 10.0 Å². The standard InChI is InChI=1S/C21H26N2O3S/c1-16-10-11-20(17(2)13-16)22-21(24)19-9-6-12-23(14-19)27(25,26)15-18-7-4-3-5-8-18/h3-5,7-8,10-11,13,19H,6,9,12,14-15H2,1-2H3,(H,22,24)/t19-/m0/s1. The number of rotatable bonds is 5. The minimum absolute atomic E-state index is 0.0285. The number of carbonyl (C=O) groups is 1. The molecule has 1 aliphatic heterocycles. The molecule has 0 radical (unpaired) electrons. The van der Waals surface area contributed by atoms with Crippen LogP contribution >= 0.6 is 0 Å².